The van der Waals surface area contributed by atoms with E-state index in [1.165, 1.54) is 27.4 Å². The molecule has 10 heteroatoms. The first kappa shape index (κ1) is 16.6. The van der Waals surface area contributed by atoms with Crippen LogP contribution in [0, 0.1) is 5.41 Å². The van der Waals surface area contributed by atoms with Crippen molar-refractivity contribution in [2.75, 3.05) is 0 Å². The maximum absolute atomic E-state index is 12.9. The third kappa shape index (κ3) is 2.72. The van der Waals surface area contributed by atoms with Gasteiger partial charge in [-0.05, 0) is 6.08 Å². The predicted molar refractivity (Wildman–Crippen MR) is 104 cm³/mol. The van der Waals surface area contributed by atoms with E-state index in [1.54, 1.807) is 24.0 Å². The van der Waals surface area contributed by atoms with Crippen LogP contribution in [0.4, 0.5) is 0 Å². The summed E-state index contributed by atoms with van der Waals surface area (Å²) < 4.78 is 4.19. The number of aromatic nitrogens is 5. The van der Waals surface area contributed by atoms with Gasteiger partial charge in [-0.2, -0.15) is 5.10 Å². The number of thiazole rings is 2. The van der Waals surface area contributed by atoms with Gasteiger partial charge in [-0.3, -0.25) is 9.78 Å². The maximum atomic E-state index is 12.9. The van der Waals surface area contributed by atoms with Crippen molar-refractivity contribution >= 4 is 50.1 Å². The lowest BCUT2D eigenvalue weighted by atomic mass is 10.3. The van der Waals surface area contributed by atoms with Gasteiger partial charge in [0, 0.05) is 41.8 Å². The summed E-state index contributed by atoms with van der Waals surface area (Å²) >= 11 is 2.99. The first-order valence-corrected chi connectivity index (χ1v) is 9.44. The number of allylic oxidation sites excluding steroid dienone is 2. The molecular formula is C16H15N7OS2. The van der Waals surface area contributed by atoms with Gasteiger partial charge in [0.2, 0.25) is 0 Å². The fraction of sp³-hybridized carbons (Fsp3) is 0.188. The highest BCUT2D eigenvalue weighted by Gasteiger charge is 2.18. The van der Waals surface area contributed by atoms with Gasteiger partial charge in [0.05, 0.1) is 23.0 Å². The van der Waals surface area contributed by atoms with Gasteiger partial charge in [-0.15, -0.1) is 22.7 Å². The Hall–Kier alpha value is -2.85. The van der Waals surface area contributed by atoms with Crippen molar-refractivity contribution in [3.8, 4) is 0 Å². The van der Waals surface area contributed by atoms with Gasteiger partial charge in [0.15, 0.2) is 5.65 Å². The van der Waals surface area contributed by atoms with Gasteiger partial charge in [-0.1, -0.05) is 0 Å². The summed E-state index contributed by atoms with van der Waals surface area (Å²) in [5.41, 5.74) is 9.37. The van der Waals surface area contributed by atoms with E-state index in [-0.39, 0.29) is 5.56 Å². The van der Waals surface area contributed by atoms with Crippen LogP contribution >= 0.6 is 22.7 Å². The average molecular weight is 385 g/mol. The van der Waals surface area contributed by atoms with Gasteiger partial charge < -0.3 is 15.7 Å². The second kappa shape index (κ2) is 6.46. The van der Waals surface area contributed by atoms with Gasteiger partial charge in [0.1, 0.15) is 10.5 Å². The second-order valence-corrected chi connectivity index (χ2v) is 7.80. The van der Waals surface area contributed by atoms with Crippen LogP contribution in [-0.4, -0.2) is 30.5 Å². The molecule has 0 saturated heterocycles. The van der Waals surface area contributed by atoms with Gasteiger partial charge in [-0.25, -0.2) is 9.67 Å². The van der Waals surface area contributed by atoms with E-state index in [0.29, 0.717) is 24.2 Å². The Balaban J connectivity index is 1.81. The highest BCUT2D eigenvalue weighted by atomic mass is 32.1. The maximum Gasteiger partial charge on any atom is 0.291 e. The largest absolute Gasteiger partial charge is 0.402 e. The van der Waals surface area contributed by atoms with E-state index < -0.39 is 0 Å². The summed E-state index contributed by atoms with van der Waals surface area (Å²) in [4.78, 5) is 22.5. The number of aryl methyl sites for hydroxylation is 1. The molecule has 0 fully saturated rings. The van der Waals surface area contributed by atoms with Crippen LogP contribution in [-0.2, 0) is 20.0 Å². The molecule has 4 aromatic rings. The molecule has 0 spiro atoms. The molecule has 4 heterocycles. The molecule has 0 aliphatic heterocycles. The Morgan fingerprint density at radius 2 is 2.27 bits per heavy atom. The molecule has 3 N–H and O–H groups in total. The normalized spacial score (nSPS) is 12.3. The molecule has 0 unspecified atom stereocenters. The fourth-order valence-corrected chi connectivity index (χ4v) is 4.54. The summed E-state index contributed by atoms with van der Waals surface area (Å²) in [5.74, 6) is 0. The van der Waals surface area contributed by atoms with Crippen molar-refractivity contribution in [3.63, 3.8) is 0 Å². The molecule has 0 radical (unpaired) electrons. The molecule has 8 nitrogen and oxygen atoms in total. The molecule has 0 saturated carbocycles. The first-order valence-electron chi connectivity index (χ1n) is 7.75. The van der Waals surface area contributed by atoms with Crippen LogP contribution < -0.4 is 11.3 Å². The molecule has 132 valence electrons. The molecule has 0 atom stereocenters. The van der Waals surface area contributed by atoms with E-state index in [0.717, 1.165) is 31.8 Å². The van der Waals surface area contributed by atoms with Crippen molar-refractivity contribution in [1.82, 2.24) is 24.3 Å². The number of nitrogens with zero attached hydrogens (tertiary/aromatic N) is 5. The Morgan fingerprint density at radius 1 is 1.42 bits per heavy atom. The molecule has 0 aliphatic rings. The zero-order valence-electron chi connectivity index (χ0n) is 13.8. The first-order chi connectivity index (χ1) is 12.6. The quantitative estimate of drug-likeness (QED) is 0.509. The third-order valence-electron chi connectivity index (χ3n) is 4.01. The smallest absolute Gasteiger partial charge is 0.291 e. The van der Waals surface area contributed by atoms with Crippen LogP contribution in [0.3, 0.4) is 0 Å². The van der Waals surface area contributed by atoms with Crippen LogP contribution in [0.25, 0.3) is 21.3 Å². The topological polar surface area (TPSA) is 115 Å². The van der Waals surface area contributed by atoms with E-state index in [2.05, 4.69) is 15.1 Å². The number of nitrogens with one attached hydrogen (secondary N) is 1. The lowest BCUT2D eigenvalue weighted by Gasteiger charge is -2.03. The summed E-state index contributed by atoms with van der Waals surface area (Å²) in [5, 5.41) is 13.1. The van der Waals surface area contributed by atoms with Crippen molar-refractivity contribution in [3.05, 3.63) is 49.9 Å². The Kier molecular flexibility index (Phi) is 4.13. The molecule has 4 rings (SSSR count). The Labute approximate surface area is 155 Å². The number of fused-ring (bicyclic) bond motifs is 3. The molecule has 0 aliphatic carbocycles. The van der Waals surface area contributed by atoms with E-state index >= 15 is 0 Å². The van der Waals surface area contributed by atoms with Crippen molar-refractivity contribution < 1.29 is 0 Å². The summed E-state index contributed by atoms with van der Waals surface area (Å²) in [6.45, 7) is 0.405. The zero-order chi connectivity index (χ0) is 18.3. The second-order valence-electron chi connectivity index (χ2n) is 5.74. The Morgan fingerprint density at radius 3 is 3.00 bits per heavy atom. The lowest BCUT2D eigenvalue weighted by Crippen LogP contribution is -2.24. The van der Waals surface area contributed by atoms with E-state index in [9.17, 15) is 4.79 Å². The fourth-order valence-electron chi connectivity index (χ4n) is 2.83. The van der Waals surface area contributed by atoms with Crippen LogP contribution in [0.15, 0.2) is 34.5 Å². The Bertz CT molecular complexity index is 1200. The molecule has 0 amide bonds. The highest BCUT2D eigenvalue weighted by Crippen LogP contribution is 2.31. The van der Waals surface area contributed by atoms with Gasteiger partial charge >= 0.3 is 0 Å². The van der Waals surface area contributed by atoms with Crippen LogP contribution in [0.1, 0.15) is 9.88 Å². The number of nitrogens with two attached hydrogens (primary N) is 1. The predicted octanol–water partition coefficient (Wildman–Crippen LogP) is 1.88. The SMILES string of the molecule is Cn1c2nc(CC(N)=CC=N)sc2c2cnn(Cc3cncs3)c(=O)c21. The minimum atomic E-state index is -0.145. The van der Waals surface area contributed by atoms with Crippen molar-refractivity contribution in [2.24, 2.45) is 12.8 Å². The summed E-state index contributed by atoms with van der Waals surface area (Å²) in [6, 6.07) is 0. The number of hydrogen-bond acceptors (Lipinski definition) is 8. The molecule has 0 aromatic carbocycles. The zero-order valence-corrected chi connectivity index (χ0v) is 15.5. The highest BCUT2D eigenvalue weighted by molar-refractivity contribution is 7.19. The van der Waals surface area contributed by atoms with Crippen molar-refractivity contribution in [1.29, 1.82) is 5.41 Å². The average Bonchev–Trinajstić information content (AvgIpc) is 3.30. The monoisotopic (exact) mass is 385 g/mol. The van der Waals surface area contributed by atoms with Crippen LogP contribution in [0.5, 0.6) is 0 Å². The summed E-state index contributed by atoms with van der Waals surface area (Å²) in [7, 11) is 1.84. The van der Waals surface area contributed by atoms with E-state index in [1.807, 2.05) is 11.6 Å². The molecular weight excluding hydrogens is 370 g/mol. The molecule has 0 bridgehead atoms. The third-order valence-corrected chi connectivity index (χ3v) is 5.85. The minimum Gasteiger partial charge on any atom is -0.402 e. The molecule has 26 heavy (non-hydrogen) atoms. The van der Waals surface area contributed by atoms with Crippen molar-refractivity contribution in [2.45, 2.75) is 13.0 Å². The van der Waals surface area contributed by atoms with Crippen LogP contribution in [0.2, 0.25) is 0 Å². The minimum absolute atomic E-state index is 0.145. The number of rotatable bonds is 5. The lowest BCUT2D eigenvalue weighted by molar-refractivity contribution is 0.650. The van der Waals surface area contributed by atoms with E-state index in [4.69, 9.17) is 11.1 Å². The summed E-state index contributed by atoms with van der Waals surface area (Å²) in [6.07, 6.45) is 6.65. The standard InChI is InChI=1S/C16H15N7OS2/c1-22-13-11(6-20-23(16(13)24)7-10-5-19-8-25-10)14-15(22)21-12(26-14)4-9(18)2-3-17/h2-3,5-6,8,17H,4,7,18H2,1H3. The molecule has 4 aromatic heterocycles. The van der Waals surface area contributed by atoms with Gasteiger partial charge in [0.25, 0.3) is 5.56 Å². The number of hydrogen-bond donors (Lipinski definition) is 2.